The molecule has 21 heavy (non-hydrogen) atoms. The summed E-state index contributed by atoms with van der Waals surface area (Å²) in [5, 5.41) is 9.58. The van der Waals surface area contributed by atoms with E-state index in [-0.39, 0.29) is 6.42 Å². The minimum atomic E-state index is -0.828. The van der Waals surface area contributed by atoms with Crippen molar-refractivity contribution in [1.82, 2.24) is 0 Å². The number of para-hydroxylation sites is 2. The number of nitrogen functional groups attached to an aromatic ring is 1. The molecule has 2 rings (SSSR count). The number of carboxylic acids is 1. The number of rotatable bonds is 6. The highest BCUT2D eigenvalue weighted by Crippen LogP contribution is 2.25. The molecule has 0 aliphatic heterocycles. The van der Waals surface area contributed by atoms with Gasteiger partial charge in [-0.05, 0) is 29.8 Å². The first-order valence-electron chi connectivity index (χ1n) is 6.62. The second kappa shape index (κ2) is 6.99. The maximum Gasteiger partial charge on any atom is 0.305 e. The number of anilines is 2. The summed E-state index contributed by atoms with van der Waals surface area (Å²) in [7, 11) is 0. The number of nitrogens with zero attached hydrogens (tertiary/aromatic N) is 1. The molecule has 0 saturated carbocycles. The first-order chi connectivity index (χ1) is 10.1. The maximum absolute atomic E-state index is 10.8. The predicted molar refractivity (Wildman–Crippen MR) is 85.6 cm³/mol. The predicted octanol–water partition coefficient (Wildman–Crippen LogP) is 3.40. The minimum Gasteiger partial charge on any atom is -0.481 e. The Morgan fingerprint density at radius 1 is 1.14 bits per heavy atom. The molecule has 2 aromatic rings. The molecule has 0 unspecified atom stereocenters. The van der Waals surface area contributed by atoms with E-state index < -0.39 is 5.97 Å². The number of hydrogen-bond donors (Lipinski definition) is 2. The molecule has 0 saturated heterocycles. The summed E-state index contributed by atoms with van der Waals surface area (Å²) < 4.78 is 0. The Morgan fingerprint density at radius 3 is 2.43 bits per heavy atom. The summed E-state index contributed by atoms with van der Waals surface area (Å²) in [5.41, 5.74) is 8.52. The van der Waals surface area contributed by atoms with E-state index in [1.165, 1.54) is 0 Å². The van der Waals surface area contributed by atoms with Crippen molar-refractivity contribution < 1.29 is 9.90 Å². The third-order valence-corrected chi connectivity index (χ3v) is 3.41. The van der Waals surface area contributed by atoms with Crippen LogP contribution in [0.3, 0.4) is 0 Å². The van der Waals surface area contributed by atoms with Crippen LogP contribution < -0.4 is 10.6 Å². The molecule has 4 nitrogen and oxygen atoms in total. The van der Waals surface area contributed by atoms with E-state index in [1.807, 2.05) is 53.4 Å². The molecule has 0 heterocycles. The van der Waals surface area contributed by atoms with Crippen LogP contribution in [0, 0.1) is 0 Å². The fourth-order valence-electron chi connectivity index (χ4n) is 2.10. The Morgan fingerprint density at radius 2 is 1.81 bits per heavy atom. The Bertz CT molecular complexity index is 614. The highest BCUT2D eigenvalue weighted by Gasteiger charge is 2.12. The number of halogens is 1. The lowest BCUT2D eigenvalue weighted by Crippen LogP contribution is -2.26. The van der Waals surface area contributed by atoms with Gasteiger partial charge in [0.25, 0.3) is 0 Å². The van der Waals surface area contributed by atoms with Crippen LogP contribution in [0.1, 0.15) is 12.0 Å². The molecule has 0 bridgehead atoms. The maximum atomic E-state index is 10.8. The third-order valence-electron chi connectivity index (χ3n) is 3.16. The normalized spacial score (nSPS) is 10.3. The SMILES string of the molecule is Nc1ccccc1N(CCC(=O)O)Cc1ccc(Cl)cc1. The average Bonchev–Trinajstić information content (AvgIpc) is 2.46. The molecule has 0 aromatic heterocycles. The van der Waals surface area contributed by atoms with Gasteiger partial charge in [0.05, 0.1) is 17.8 Å². The zero-order valence-electron chi connectivity index (χ0n) is 11.5. The smallest absolute Gasteiger partial charge is 0.305 e. The van der Waals surface area contributed by atoms with E-state index in [0.717, 1.165) is 11.3 Å². The second-order valence-electron chi connectivity index (χ2n) is 4.75. The van der Waals surface area contributed by atoms with Crippen LogP contribution in [-0.2, 0) is 11.3 Å². The summed E-state index contributed by atoms with van der Waals surface area (Å²) in [6.07, 6.45) is 0.0575. The van der Waals surface area contributed by atoms with Gasteiger partial charge in [-0.15, -0.1) is 0 Å². The van der Waals surface area contributed by atoms with Crippen molar-refractivity contribution in [3.8, 4) is 0 Å². The van der Waals surface area contributed by atoms with Gasteiger partial charge in [0, 0.05) is 18.1 Å². The van der Waals surface area contributed by atoms with Crippen molar-refractivity contribution in [1.29, 1.82) is 0 Å². The van der Waals surface area contributed by atoms with Crippen LogP contribution in [0.4, 0.5) is 11.4 Å². The lowest BCUT2D eigenvalue weighted by Gasteiger charge is -2.25. The summed E-state index contributed by atoms with van der Waals surface area (Å²) in [6.45, 7) is 0.977. The molecule has 0 fully saturated rings. The average molecular weight is 305 g/mol. The number of carboxylic acid groups (broad SMARTS) is 1. The number of benzene rings is 2. The van der Waals surface area contributed by atoms with Gasteiger partial charge in [-0.25, -0.2) is 0 Å². The lowest BCUT2D eigenvalue weighted by molar-refractivity contribution is -0.136. The number of hydrogen-bond acceptors (Lipinski definition) is 3. The van der Waals surface area contributed by atoms with Crippen molar-refractivity contribution in [2.45, 2.75) is 13.0 Å². The summed E-state index contributed by atoms with van der Waals surface area (Å²) in [5.74, 6) is -0.828. The molecule has 0 aliphatic rings. The van der Waals surface area contributed by atoms with Crippen molar-refractivity contribution in [3.05, 3.63) is 59.1 Å². The number of nitrogens with two attached hydrogens (primary N) is 1. The highest BCUT2D eigenvalue weighted by atomic mass is 35.5. The Labute approximate surface area is 128 Å². The van der Waals surface area contributed by atoms with Crippen LogP contribution in [0.15, 0.2) is 48.5 Å². The Balaban J connectivity index is 2.21. The molecular weight excluding hydrogens is 288 g/mol. The van der Waals surface area contributed by atoms with Gasteiger partial charge in [0.1, 0.15) is 0 Å². The van der Waals surface area contributed by atoms with E-state index in [4.69, 9.17) is 22.4 Å². The van der Waals surface area contributed by atoms with Gasteiger partial charge in [0.15, 0.2) is 0 Å². The van der Waals surface area contributed by atoms with Crippen LogP contribution >= 0.6 is 11.6 Å². The van der Waals surface area contributed by atoms with Crippen LogP contribution in [-0.4, -0.2) is 17.6 Å². The van der Waals surface area contributed by atoms with Crippen molar-refractivity contribution >= 4 is 28.9 Å². The number of aliphatic carboxylic acids is 1. The molecule has 5 heteroatoms. The molecule has 2 aromatic carbocycles. The Hall–Kier alpha value is -2.20. The quantitative estimate of drug-likeness (QED) is 0.803. The first kappa shape index (κ1) is 15.2. The summed E-state index contributed by atoms with van der Waals surface area (Å²) in [6, 6.07) is 14.9. The monoisotopic (exact) mass is 304 g/mol. The second-order valence-corrected chi connectivity index (χ2v) is 5.19. The highest BCUT2D eigenvalue weighted by molar-refractivity contribution is 6.30. The molecule has 3 N–H and O–H groups in total. The minimum absolute atomic E-state index is 0.0575. The van der Waals surface area contributed by atoms with Crippen molar-refractivity contribution in [2.75, 3.05) is 17.2 Å². The van der Waals surface area contributed by atoms with Gasteiger partial charge in [-0.1, -0.05) is 35.9 Å². The van der Waals surface area contributed by atoms with E-state index in [0.29, 0.717) is 23.8 Å². The molecule has 0 atom stereocenters. The first-order valence-corrected chi connectivity index (χ1v) is 7.00. The van der Waals surface area contributed by atoms with Gasteiger partial charge >= 0.3 is 5.97 Å². The fraction of sp³-hybridized carbons (Fsp3) is 0.188. The molecule has 0 radical (unpaired) electrons. The molecule has 0 amide bonds. The van der Waals surface area contributed by atoms with E-state index in [2.05, 4.69) is 0 Å². The molecule has 0 aliphatic carbocycles. The topological polar surface area (TPSA) is 66.6 Å². The van der Waals surface area contributed by atoms with Crippen molar-refractivity contribution in [2.24, 2.45) is 0 Å². The van der Waals surface area contributed by atoms with Crippen LogP contribution in [0.2, 0.25) is 5.02 Å². The van der Waals surface area contributed by atoms with E-state index >= 15 is 0 Å². The van der Waals surface area contributed by atoms with Crippen LogP contribution in [0.5, 0.6) is 0 Å². The molecule has 110 valence electrons. The van der Waals surface area contributed by atoms with E-state index in [1.54, 1.807) is 0 Å². The fourth-order valence-corrected chi connectivity index (χ4v) is 2.23. The van der Waals surface area contributed by atoms with Gasteiger partial charge in [-0.3, -0.25) is 4.79 Å². The van der Waals surface area contributed by atoms with Gasteiger partial charge < -0.3 is 15.7 Å². The van der Waals surface area contributed by atoms with E-state index in [9.17, 15) is 4.79 Å². The summed E-state index contributed by atoms with van der Waals surface area (Å²) >= 11 is 5.88. The summed E-state index contributed by atoms with van der Waals surface area (Å²) in [4.78, 5) is 12.8. The van der Waals surface area contributed by atoms with Crippen molar-refractivity contribution in [3.63, 3.8) is 0 Å². The molecule has 0 spiro atoms. The number of carbonyl (C=O) groups is 1. The molecular formula is C16H17ClN2O2. The van der Waals surface area contributed by atoms with Crippen LogP contribution in [0.25, 0.3) is 0 Å². The zero-order valence-corrected chi connectivity index (χ0v) is 12.3. The largest absolute Gasteiger partial charge is 0.481 e. The standard InChI is InChI=1S/C16H17ClN2O2/c17-13-7-5-12(6-8-13)11-19(10-9-16(20)21)15-4-2-1-3-14(15)18/h1-8H,9-11,18H2,(H,20,21). The van der Waals surface area contributed by atoms with Gasteiger partial charge in [-0.2, -0.15) is 0 Å². The Kier molecular flexibility index (Phi) is 5.06. The zero-order chi connectivity index (χ0) is 15.2. The third kappa shape index (κ3) is 4.39. The van der Waals surface area contributed by atoms with Gasteiger partial charge in [0.2, 0.25) is 0 Å². The lowest BCUT2D eigenvalue weighted by atomic mass is 10.1.